The van der Waals surface area contributed by atoms with Gasteiger partial charge in [0.15, 0.2) is 0 Å². The Morgan fingerprint density at radius 3 is 2.60 bits per heavy atom. The van der Waals surface area contributed by atoms with E-state index in [1.165, 1.54) is 53.7 Å². The van der Waals surface area contributed by atoms with E-state index in [9.17, 15) is 4.79 Å². The quantitative estimate of drug-likeness (QED) is 0.352. The molecule has 1 aromatic carbocycles. The molecule has 1 aliphatic rings. The third kappa shape index (κ3) is 5.98. The molecule has 1 unspecified atom stereocenters. The van der Waals surface area contributed by atoms with Crippen molar-refractivity contribution in [1.82, 2.24) is 0 Å². The van der Waals surface area contributed by atoms with E-state index in [0.717, 1.165) is 42.0 Å². The summed E-state index contributed by atoms with van der Waals surface area (Å²) in [5.74, 6) is 0.280. The van der Waals surface area contributed by atoms with Crippen LogP contribution in [0.25, 0.3) is 5.57 Å². The van der Waals surface area contributed by atoms with Crippen molar-refractivity contribution in [2.24, 2.45) is 5.92 Å². The van der Waals surface area contributed by atoms with Crippen molar-refractivity contribution in [3.8, 4) is 0 Å². The van der Waals surface area contributed by atoms with Gasteiger partial charge < -0.3 is 5.11 Å². The Labute approximate surface area is 190 Å². The Morgan fingerprint density at radius 2 is 1.93 bits per heavy atom. The molecule has 0 amide bonds. The number of rotatable bonds is 11. The number of allylic oxidation sites excluding steroid dienone is 2. The fraction of sp³-hybridized carbons (Fsp3) is 0.500. The maximum Gasteiger partial charge on any atom is 0.345 e. The van der Waals surface area contributed by atoms with Crippen molar-refractivity contribution in [2.75, 3.05) is 0 Å². The van der Waals surface area contributed by atoms with E-state index in [-0.39, 0.29) is 0 Å². The smallest absolute Gasteiger partial charge is 0.345 e. The summed E-state index contributed by atoms with van der Waals surface area (Å²) >= 11 is 8.04. The summed E-state index contributed by atoms with van der Waals surface area (Å²) < 4.78 is 0. The van der Waals surface area contributed by atoms with Crippen LogP contribution >= 0.6 is 22.9 Å². The summed E-state index contributed by atoms with van der Waals surface area (Å²) in [6, 6.07) is 12.8. The number of benzene rings is 1. The van der Waals surface area contributed by atoms with Gasteiger partial charge in [-0.05, 0) is 79.2 Å². The third-order valence-corrected chi connectivity index (χ3v) is 7.82. The van der Waals surface area contributed by atoms with Gasteiger partial charge in [-0.15, -0.1) is 11.3 Å². The maximum absolute atomic E-state index is 11.1. The second-order valence-corrected chi connectivity index (χ2v) is 10.2. The van der Waals surface area contributed by atoms with E-state index < -0.39 is 5.97 Å². The molecule has 3 rings (SSSR count). The van der Waals surface area contributed by atoms with Gasteiger partial charge in [-0.2, -0.15) is 0 Å². The average molecular weight is 445 g/mol. The number of thiophene rings is 1. The summed E-state index contributed by atoms with van der Waals surface area (Å²) in [7, 11) is 0. The minimum atomic E-state index is -0.831. The summed E-state index contributed by atoms with van der Waals surface area (Å²) in [4.78, 5) is 12.6. The maximum atomic E-state index is 11.1. The molecule has 1 heterocycles. The van der Waals surface area contributed by atoms with Gasteiger partial charge in [-0.1, -0.05) is 69.0 Å². The highest BCUT2D eigenvalue weighted by Gasteiger charge is 2.25. The molecule has 1 aliphatic carbocycles. The van der Waals surface area contributed by atoms with Crippen LogP contribution in [0.1, 0.15) is 96.8 Å². The van der Waals surface area contributed by atoms with Gasteiger partial charge in [0.1, 0.15) is 4.88 Å². The zero-order valence-corrected chi connectivity index (χ0v) is 19.7. The second kappa shape index (κ2) is 11.2. The van der Waals surface area contributed by atoms with Gasteiger partial charge >= 0.3 is 5.97 Å². The Bertz CT molecular complexity index is 865. The van der Waals surface area contributed by atoms with Crippen molar-refractivity contribution in [3.05, 3.63) is 62.3 Å². The van der Waals surface area contributed by atoms with E-state index in [2.05, 4.69) is 38.1 Å². The fourth-order valence-electron chi connectivity index (χ4n) is 4.49. The molecule has 0 spiro atoms. The molecular formula is C26H33ClO2S. The van der Waals surface area contributed by atoms with Crippen LogP contribution in [0.2, 0.25) is 0 Å². The standard InChI is InChI=1S/C26H33ClO2S/c1-3-4-5-7-18(2)19-10-12-21(13-11-19)25-20(14-16-23(25)27)8-6-9-22-15-17-24(30-22)26(28)29/h10-13,15,17-18,20H,3-9,14,16H2,1-2H3,(H,28,29)/t18?,20-/m0/s1. The van der Waals surface area contributed by atoms with Gasteiger partial charge in [0.2, 0.25) is 0 Å². The number of halogens is 1. The Morgan fingerprint density at radius 1 is 1.17 bits per heavy atom. The predicted octanol–water partition coefficient (Wildman–Crippen LogP) is 8.51. The monoisotopic (exact) mass is 444 g/mol. The van der Waals surface area contributed by atoms with Crippen LogP contribution in [-0.4, -0.2) is 11.1 Å². The van der Waals surface area contributed by atoms with E-state index in [0.29, 0.717) is 16.7 Å². The number of hydrogen-bond donors (Lipinski definition) is 1. The van der Waals surface area contributed by atoms with E-state index in [4.69, 9.17) is 16.7 Å². The van der Waals surface area contributed by atoms with Crippen molar-refractivity contribution in [2.45, 2.75) is 77.6 Å². The van der Waals surface area contributed by atoms with Crippen LogP contribution in [0, 0.1) is 5.92 Å². The first-order valence-electron chi connectivity index (χ1n) is 11.3. The molecule has 0 radical (unpaired) electrons. The fourth-order valence-corrected chi connectivity index (χ4v) is 5.75. The zero-order chi connectivity index (χ0) is 21.5. The first kappa shape index (κ1) is 23.1. The lowest BCUT2D eigenvalue weighted by atomic mass is 9.88. The van der Waals surface area contributed by atoms with Crippen LogP contribution in [0.15, 0.2) is 41.4 Å². The number of carboxylic acid groups (broad SMARTS) is 1. The van der Waals surface area contributed by atoms with Gasteiger partial charge in [0.05, 0.1) is 0 Å². The molecule has 2 nitrogen and oxygen atoms in total. The van der Waals surface area contributed by atoms with Crippen molar-refractivity contribution < 1.29 is 9.90 Å². The van der Waals surface area contributed by atoms with Gasteiger partial charge in [0, 0.05) is 9.91 Å². The molecule has 1 N–H and O–H groups in total. The molecule has 0 fully saturated rings. The minimum absolute atomic E-state index is 0.429. The molecule has 30 heavy (non-hydrogen) atoms. The average Bonchev–Trinajstić information content (AvgIpc) is 3.35. The Balaban J connectivity index is 1.58. The summed E-state index contributed by atoms with van der Waals surface area (Å²) in [5, 5.41) is 10.1. The van der Waals surface area contributed by atoms with Crippen LogP contribution in [0.5, 0.6) is 0 Å². The number of carboxylic acids is 1. The molecule has 0 saturated carbocycles. The van der Waals surface area contributed by atoms with Crippen molar-refractivity contribution in [3.63, 3.8) is 0 Å². The molecule has 0 bridgehead atoms. The summed E-state index contributed by atoms with van der Waals surface area (Å²) in [6.45, 7) is 4.58. The predicted molar refractivity (Wildman–Crippen MR) is 129 cm³/mol. The first-order valence-corrected chi connectivity index (χ1v) is 12.5. The molecule has 0 saturated heterocycles. The number of aryl methyl sites for hydroxylation is 1. The summed E-state index contributed by atoms with van der Waals surface area (Å²) in [6.07, 6.45) is 10.3. The van der Waals surface area contributed by atoms with Gasteiger partial charge in [-0.3, -0.25) is 0 Å². The van der Waals surface area contributed by atoms with Crippen LogP contribution in [0.4, 0.5) is 0 Å². The lowest BCUT2D eigenvalue weighted by Crippen LogP contribution is -2.01. The van der Waals surface area contributed by atoms with E-state index >= 15 is 0 Å². The van der Waals surface area contributed by atoms with E-state index in [1.807, 2.05) is 6.07 Å². The van der Waals surface area contributed by atoms with Crippen LogP contribution in [-0.2, 0) is 6.42 Å². The molecule has 162 valence electrons. The lowest BCUT2D eigenvalue weighted by molar-refractivity contribution is 0.0702. The zero-order valence-electron chi connectivity index (χ0n) is 18.1. The lowest BCUT2D eigenvalue weighted by Gasteiger charge is -2.17. The normalized spacial score (nSPS) is 17.5. The Hall–Kier alpha value is -1.58. The highest BCUT2D eigenvalue weighted by Crippen LogP contribution is 2.43. The highest BCUT2D eigenvalue weighted by atomic mass is 35.5. The van der Waals surface area contributed by atoms with Crippen LogP contribution in [0.3, 0.4) is 0 Å². The molecule has 2 atom stereocenters. The molecule has 0 aliphatic heterocycles. The third-order valence-electron chi connectivity index (χ3n) is 6.29. The minimum Gasteiger partial charge on any atom is -0.477 e. The van der Waals surface area contributed by atoms with E-state index in [1.54, 1.807) is 6.07 Å². The molecular weight excluding hydrogens is 412 g/mol. The topological polar surface area (TPSA) is 37.3 Å². The second-order valence-electron chi connectivity index (χ2n) is 8.54. The SMILES string of the molecule is CCCCCC(C)c1ccc(C2=C(Cl)CC[C@@H]2CCCc2ccc(C(=O)O)s2)cc1. The Kier molecular flexibility index (Phi) is 8.59. The van der Waals surface area contributed by atoms with Gasteiger partial charge in [0.25, 0.3) is 0 Å². The number of hydrogen-bond acceptors (Lipinski definition) is 2. The van der Waals surface area contributed by atoms with Crippen molar-refractivity contribution in [1.29, 1.82) is 0 Å². The highest BCUT2D eigenvalue weighted by molar-refractivity contribution is 7.13. The molecule has 1 aromatic heterocycles. The number of unbranched alkanes of at least 4 members (excludes halogenated alkanes) is 2. The van der Waals surface area contributed by atoms with Crippen molar-refractivity contribution >= 4 is 34.5 Å². The molecule has 2 aromatic rings. The number of aromatic carboxylic acids is 1. The molecule has 4 heteroatoms. The largest absolute Gasteiger partial charge is 0.477 e. The number of carbonyl (C=O) groups is 1. The van der Waals surface area contributed by atoms with Crippen LogP contribution < -0.4 is 0 Å². The first-order chi connectivity index (χ1) is 14.5. The summed E-state index contributed by atoms with van der Waals surface area (Å²) in [5.41, 5.74) is 4.03. The van der Waals surface area contributed by atoms with Gasteiger partial charge in [-0.25, -0.2) is 4.79 Å².